The van der Waals surface area contributed by atoms with E-state index in [-0.39, 0.29) is 11.8 Å². The summed E-state index contributed by atoms with van der Waals surface area (Å²) in [6.45, 7) is 7.41. The van der Waals surface area contributed by atoms with Crippen molar-refractivity contribution in [1.82, 2.24) is 25.0 Å². The van der Waals surface area contributed by atoms with Gasteiger partial charge in [-0.15, -0.1) is 10.2 Å². The molecule has 8 heteroatoms. The molecule has 2 aromatic rings. The molecule has 1 atom stereocenters. The highest BCUT2D eigenvalue weighted by molar-refractivity contribution is 5.93. The van der Waals surface area contributed by atoms with Gasteiger partial charge in [-0.2, -0.15) is 0 Å². The molecule has 1 saturated heterocycles. The van der Waals surface area contributed by atoms with Gasteiger partial charge in [-0.05, 0) is 56.3 Å². The second kappa shape index (κ2) is 10.2. The van der Waals surface area contributed by atoms with Crippen LogP contribution in [0.25, 0.3) is 0 Å². The first-order valence-corrected chi connectivity index (χ1v) is 10.2. The van der Waals surface area contributed by atoms with E-state index < -0.39 is 0 Å². The predicted octanol–water partition coefficient (Wildman–Crippen LogP) is 1.75. The Kier molecular flexibility index (Phi) is 7.35. The molecule has 2 amide bonds. The van der Waals surface area contributed by atoms with Crippen molar-refractivity contribution in [2.75, 3.05) is 31.5 Å². The highest BCUT2D eigenvalue weighted by Gasteiger charge is 2.22. The Morgan fingerprint density at radius 3 is 2.76 bits per heavy atom. The lowest BCUT2D eigenvalue weighted by molar-refractivity contribution is -0.122. The van der Waals surface area contributed by atoms with Gasteiger partial charge in [0, 0.05) is 31.7 Å². The number of carbonyl (C=O) groups is 2. The summed E-state index contributed by atoms with van der Waals surface area (Å²) in [5.41, 5.74) is 3.15. The van der Waals surface area contributed by atoms with Crippen molar-refractivity contribution in [3.05, 3.63) is 42.0 Å². The number of piperidine rings is 1. The summed E-state index contributed by atoms with van der Waals surface area (Å²) in [5.74, 6) is 0.414. The first-order valence-electron chi connectivity index (χ1n) is 10.2. The SMILES string of the molecule is Cc1cccc(NC(=O)CN2CCCC(CNC(=O)CCn3cnnc3)C2)c1C. The topological polar surface area (TPSA) is 92.2 Å². The van der Waals surface area contributed by atoms with Crippen LogP contribution in [0.15, 0.2) is 30.9 Å². The number of likely N-dealkylation sites (tertiary alicyclic amines) is 1. The minimum Gasteiger partial charge on any atom is -0.356 e. The van der Waals surface area contributed by atoms with E-state index in [2.05, 4.69) is 25.7 Å². The number of aryl methyl sites for hydroxylation is 2. The Morgan fingerprint density at radius 2 is 1.97 bits per heavy atom. The zero-order valence-corrected chi connectivity index (χ0v) is 17.2. The Morgan fingerprint density at radius 1 is 1.17 bits per heavy atom. The molecule has 3 rings (SSSR count). The molecule has 1 aromatic heterocycles. The molecule has 0 aliphatic carbocycles. The fourth-order valence-corrected chi connectivity index (χ4v) is 3.66. The molecule has 1 aliphatic heterocycles. The average molecular weight is 399 g/mol. The van der Waals surface area contributed by atoms with Crippen LogP contribution in [0.1, 0.15) is 30.4 Å². The Hall–Kier alpha value is -2.74. The van der Waals surface area contributed by atoms with Gasteiger partial charge in [-0.25, -0.2) is 0 Å². The molecular weight excluding hydrogens is 368 g/mol. The van der Waals surface area contributed by atoms with Gasteiger partial charge >= 0.3 is 0 Å². The van der Waals surface area contributed by atoms with Crippen molar-refractivity contribution < 1.29 is 9.59 Å². The molecule has 0 spiro atoms. The molecule has 156 valence electrons. The quantitative estimate of drug-likeness (QED) is 0.707. The maximum atomic E-state index is 12.5. The summed E-state index contributed by atoms with van der Waals surface area (Å²) < 4.78 is 1.79. The van der Waals surface area contributed by atoms with Crippen molar-refractivity contribution in [3.8, 4) is 0 Å². The number of anilines is 1. The van der Waals surface area contributed by atoms with Crippen LogP contribution in [0, 0.1) is 19.8 Å². The first kappa shape index (κ1) is 21.0. The van der Waals surface area contributed by atoms with Gasteiger partial charge in [0.1, 0.15) is 12.7 Å². The van der Waals surface area contributed by atoms with Crippen LogP contribution in [0.5, 0.6) is 0 Å². The number of hydrogen-bond donors (Lipinski definition) is 2. The lowest BCUT2D eigenvalue weighted by atomic mass is 9.98. The van der Waals surface area contributed by atoms with E-state index >= 15 is 0 Å². The van der Waals surface area contributed by atoms with Gasteiger partial charge < -0.3 is 15.2 Å². The number of benzene rings is 1. The number of rotatable bonds is 8. The molecule has 29 heavy (non-hydrogen) atoms. The summed E-state index contributed by atoms with van der Waals surface area (Å²) in [4.78, 5) is 26.7. The van der Waals surface area contributed by atoms with Crippen molar-refractivity contribution in [2.45, 2.75) is 39.7 Å². The van der Waals surface area contributed by atoms with E-state index in [1.807, 2.05) is 32.0 Å². The summed E-state index contributed by atoms with van der Waals surface area (Å²) >= 11 is 0. The highest BCUT2D eigenvalue weighted by atomic mass is 16.2. The zero-order valence-electron chi connectivity index (χ0n) is 17.2. The molecule has 2 heterocycles. The number of nitrogens with zero attached hydrogens (tertiary/aromatic N) is 4. The van der Waals surface area contributed by atoms with E-state index in [0.29, 0.717) is 32.0 Å². The molecule has 1 unspecified atom stereocenters. The van der Waals surface area contributed by atoms with Gasteiger partial charge in [0.15, 0.2) is 0 Å². The van der Waals surface area contributed by atoms with Gasteiger partial charge in [0.2, 0.25) is 11.8 Å². The number of carbonyl (C=O) groups excluding carboxylic acids is 2. The standard InChI is InChI=1S/C21H30N6O2/c1-16-5-3-7-19(17(16)2)25-21(29)13-26-9-4-6-18(12-26)11-22-20(28)8-10-27-14-23-24-15-27/h3,5,7,14-15,18H,4,6,8-13H2,1-2H3,(H,22,28)(H,25,29). The van der Waals surface area contributed by atoms with E-state index in [1.165, 1.54) is 5.56 Å². The largest absolute Gasteiger partial charge is 0.356 e. The normalized spacial score (nSPS) is 17.1. The third kappa shape index (κ3) is 6.39. The van der Waals surface area contributed by atoms with Crippen molar-refractivity contribution >= 4 is 17.5 Å². The molecular formula is C21H30N6O2. The Balaban J connectivity index is 1.40. The fraction of sp³-hybridized carbons (Fsp3) is 0.524. The molecule has 2 N–H and O–H groups in total. The average Bonchev–Trinajstić information content (AvgIpc) is 3.22. The van der Waals surface area contributed by atoms with E-state index in [0.717, 1.165) is 37.2 Å². The lowest BCUT2D eigenvalue weighted by Gasteiger charge is -2.32. The summed E-state index contributed by atoms with van der Waals surface area (Å²) in [6, 6.07) is 5.94. The number of amides is 2. The van der Waals surface area contributed by atoms with Crippen LogP contribution >= 0.6 is 0 Å². The summed E-state index contributed by atoms with van der Waals surface area (Å²) in [7, 11) is 0. The third-order valence-electron chi connectivity index (χ3n) is 5.50. The van der Waals surface area contributed by atoms with Crippen LogP contribution in [0.3, 0.4) is 0 Å². The van der Waals surface area contributed by atoms with Crippen LogP contribution < -0.4 is 10.6 Å². The van der Waals surface area contributed by atoms with Crippen LogP contribution in [-0.2, 0) is 16.1 Å². The zero-order chi connectivity index (χ0) is 20.6. The smallest absolute Gasteiger partial charge is 0.238 e. The molecule has 8 nitrogen and oxygen atoms in total. The lowest BCUT2D eigenvalue weighted by Crippen LogP contribution is -2.44. The monoisotopic (exact) mass is 398 g/mol. The third-order valence-corrected chi connectivity index (χ3v) is 5.50. The van der Waals surface area contributed by atoms with Gasteiger partial charge in [0.05, 0.1) is 6.54 Å². The summed E-state index contributed by atoms with van der Waals surface area (Å²) in [5, 5.41) is 13.5. The second-order valence-electron chi connectivity index (χ2n) is 7.79. The van der Waals surface area contributed by atoms with Gasteiger partial charge in [-0.1, -0.05) is 12.1 Å². The molecule has 0 saturated carbocycles. The highest BCUT2D eigenvalue weighted by Crippen LogP contribution is 2.19. The first-order chi connectivity index (χ1) is 14.0. The second-order valence-corrected chi connectivity index (χ2v) is 7.79. The van der Waals surface area contributed by atoms with Crippen LogP contribution in [0.2, 0.25) is 0 Å². The minimum atomic E-state index is 0.0114. The molecule has 0 radical (unpaired) electrons. The van der Waals surface area contributed by atoms with Gasteiger partial charge in [-0.3, -0.25) is 14.5 Å². The number of hydrogen-bond acceptors (Lipinski definition) is 5. The van der Waals surface area contributed by atoms with Gasteiger partial charge in [0.25, 0.3) is 0 Å². The number of aromatic nitrogens is 3. The van der Waals surface area contributed by atoms with E-state index in [4.69, 9.17) is 0 Å². The van der Waals surface area contributed by atoms with Crippen molar-refractivity contribution in [1.29, 1.82) is 0 Å². The summed E-state index contributed by atoms with van der Waals surface area (Å²) in [6.07, 6.45) is 5.73. The molecule has 1 aromatic carbocycles. The predicted molar refractivity (Wildman–Crippen MR) is 111 cm³/mol. The maximum Gasteiger partial charge on any atom is 0.238 e. The van der Waals surface area contributed by atoms with Crippen molar-refractivity contribution in [2.24, 2.45) is 5.92 Å². The van der Waals surface area contributed by atoms with E-state index in [9.17, 15) is 9.59 Å². The minimum absolute atomic E-state index is 0.0114. The molecule has 0 bridgehead atoms. The van der Waals surface area contributed by atoms with Crippen LogP contribution in [0.4, 0.5) is 5.69 Å². The van der Waals surface area contributed by atoms with Crippen molar-refractivity contribution in [3.63, 3.8) is 0 Å². The maximum absolute atomic E-state index is 12.5. The van der Waals surface area contributed by atoms with E-state index in [1.54, 1.807) is 17.2 Å². The molecule has 1 aliphatic rings. The fourth-order valence-electron chi connectivity index (χ4n) is 3.66. The molecule has 1 fully saturated rings. The number of nitrogens with one attached hydrogen (secondary N) is 2. The Bertz CT molecular complexity index is 821. The van der Waals surface area contributed by atoms with Crippen LogP contribution in [-0.4, -0.2) is 57.7 Å². The Labute approximate surface area is 171 Å².